The van der Waals surface area contributed by atoms with E-state index in [1.165, 1.54) is 0 Å². The number of hydrogen-bond acceptors (Lipinski definition) is 5. The van der Waals surface area contributed by atoms with Crippen LogP contribution in [-0.2, 0) is 4.79 Å². The SMILES string of the molecule is C[C@H]1[C@H](/C=C/c2ccc(-c3ccccc3C#N)cn2)[C@@H](NC(=O)CC2C[C@@H](/C=C/c3ccc(-c4ccccc4C#N)cn3)[C@H](C)[C@@H](C)C2)CC[C@@H]1C. The molecular weight excluding hydrogens is 639 g/mol. The first-order valence-corrected chi connectivity index (χ1v) is 18.8. The van der Waals surface area contributed by atoms with Crippen LogP contribution in [0, 0.1) is 64.1 Å². The van der Waals surface area contributed by atoms with E-state index in [0.29, 0.717) is 53.1 Å². The predicted octanol–water partition coefficient (Wildman–Crippen LogP) is 10.1. The molecule has 0 saturated heterocycles. The third kappa shape index (κ3) is 8.58. The summed E-state index contributed by atoms with van der Waals surface area (Å²) in [7, 11) is 0. The summed E-state index contributed by atoms with van der Waals surface area (Å²) in [4.78, 5) is 23.0. The van der Waals surface area contributed by atoms with Gasteiger partial charge in [-0.3, -0.25) is 14.8 Å². The van der Waals surface area contributed by atoms with Crippen molar-refractivity contribution >= 4 is 18.1 Å². The zero-order valence-electron chi connectivity index (χ0n) is 30.7. The number of aromatic nitrogens is 2. The van der Waals surface area contributed by atoms with E-state index in [1.54, 1.807) is 0 Å². The van der Waals surface area contributed by atoms with E-state index < -0.39 is 0 Å². The highest BCUT2D eigenvalue weighted by molar-refractivity contribution is 5.77. The molecule has 4 aromatic rings. The molecule has 6 heteroatoms. The molecular formula is C46H49N5O. The van der Waals surface area contributed by atoms with Crippen molar-refractivity contribution in [2.75, 3.05) is 0 Å². The number of hydrogen-bond donors (Lipinski definition) is 1. The molecule has 2 fully saturated rings. The average molecular weight is 688 g/mol. The van der Waals surface area contributed by atoms with Crippen LogP contribution in [0.2, 0.25) is 0 Å². The molecule has 0 aliphatic heterocycles. The lowest BCUT2D eigenvalue weighted by Crippen LogP contribution is -2.46. The summed E-state index contributed by atoms with van der Waals surface area (Å²) in [5.74, 6) is 3.16. The quantitative estimate of drug-likeness (QED) is 0.189. The lowest BCUT2D eigenvalue weighted by atomic mass is 9.68. The number of pyridine rings is 2. The van der Waals surface area contributed by atoms with Crippen LogP contribution in [0.4, 0.5) is 0 Å². The van der Waals surface area contributed by atoms with Crippen LogP contribution in [0.1, 0.15) is 82.3 Å². The highest BCUT2D eigenvalue weighted by atomic mass is 16.1. The first kappa shape index (κ1) is 36.5. The van der Waals surface area contributed by atoms with Crippen molar-refractivity contribution < 1.29 is 4.79 Å². The molecule has 0 radical (unpaired) electrons. The summed E-state index contributed by atoms with van der Waals surface area (Å²) in [6.07, 6.45) is 17.1. The molecule has 1 N–H and O–H groups in total. The van der Waals surface area contributed by atoms with Crippen molar-refractivity contribution in [3.63, 3.8) is 0 Å². The van der Waals surface area contributed by atoms with Crippen molar-refractivity contribution in [1.82, 2.24) is 15.3 Å². The van der Waals surface area contributed by atoms with Gasteiger partial charge in [0.15, 0.2) is 0 Å². The van der Waals surface area contributed by atoms with Crippen molar-refractivity contribution in [1.29, 1.82) is 10.5 Å². The number of carbonyl (C=O) groups excluding carboxylic acids is 1. The van der Waals surface area contributed by atoms with Crippen molar-refractivity contribution in [2.24, 2.45) is 41.4 Å². The lowest BCUT2D eigenvalue weighted by Gasteiger charge is -2.40. The maximum Gasteiger partial charge on any atom is 0.220 e. The molecule has 2 saturated carbocycles. The van der Waals surface area contributed by atoms with Gasteiger partial charge in [-0.2, -0.15) is 10.5 Å². The Hall–Kier alpha value is -5.33. The summed E-state index contributed by atoms with van der Waals surface area (Å²) in [5.41, 5.74) is 6.69. The lowest BCUT2D eigenvalue weighted by molar-refractivity contribution is -0.124. The monoisotopic (exact) mass is 687 g/mol. The third-order valence-electron chi connectivity index (χ3n) is 11.9. The third-order valence-corrected chi connectivity index (χ3v) is 11.9. The van der Waals surface area contributed by atoms with Gasteiger partial charge in [0.25, 0.3) is 0 Å². The fourth-order valence-corrected chi connectivity index (χ4v) is 8.35. The number of nitrogens with zero attached hydrogens (tertiary/aromatic N) is 4. The van der Waals surface area contributed by atoms with Crippen molar-refractivity contribution in [3.05, 3.63) is 120 Å². The van der Waals surface area contributed by atoms with Crippen LogP contribution in [0.15, 0.2) is 97.3 Å². The standard InChI is InChI=1S/C46H49N5O/c1-30-13-22-45(42(33(30)4)21-20-41-19-16-39(29-50-41)44-12-8-6-10-37(44)27-48)51-46(52)25-34-23-31(2)32(3)35(24-34)14-17-40-18-15-38(28-49-40)43-11-7-5-9-36(43)26-47/h5-12,14-21,28-35,42,45H,13,22-25H2,1-4H3,(H,51,52)/b17-14+,21-20+/t30-,31-,32+,33+,34?,35+,42-,45-/m0/s1. The molecule has 1 unspecified atom stereocenters. The largest absolute Gasteiger partial charge is 0.353 e. The summed E-state index contributed by atoms with van der Waals surface area (Å²) >= 11 is 0. The minimum absolute atomic E-state index is 0.0986. The first-order chi connectivity index (χ1) is 25.2. The Labute approximate surface area is 309 Å². The van der Waals surface area contributed by atoms with Gasteiger partial charge in [-0.15, -0.1) is 0 Å². The number of nitrogens with one attached hydrogen (secondary N) is 1. The van der Waals surface area contributed by atoms with Gasteiger partial charge in [0.05, 0.1) is 34.7 Å². The van der Waals surface area contributed by atoms with E-state index in [0.717, 1.165) is 59.3 Å². The molecule has 2 aliphatic rings. The van der Waals surface area contributed by atoms with Gasteiger partial charge in [-0.05, 0) is 97.6 Å². The molecule has 8 atom stereocenters. The molecule has 2 aromatic carbocycles. The Kier molecular flexibility index (Phi) is 11.8. The summed E-state index contributed by atoms with van der Waals surface area (Å²) in [6.45, 7) is 9.28. The fourth-order valence-electron chi connectivity index (χ4n) is 8.35. The zero-order valence-corrected chi connectivity index (χ0v) is 30.7. The van der Waals surface area contributed by atoms with Gasteiger partial charge in [-0.1, -0.05) is 88.4 Å². The Morgan fingerprint density at radius 1 is 0.731 bits per heavy atom. The summed E-state index contributed by atoms with van der Waals surface area (Å²) in [5, 5.41) is 22.5. The minimum Gasteiger partial charge on any atom is -0.353 e. The van der Waals surface area contributed by atoms with Crippen LogP contribution in [0.25, 0.3) is 34.4 Å². The second kappa shape index (κ2) is 16.8. The number of rotatable bonds is 9. The van der Waals surface area contributed by atoms with Gasteiger partial charge in [-0.25, -0.2) is 0 Å². The van der Waals surface area contributed by atoms with Gasteiger partial charge in [0, 0.05) is 53.0 Å². The Morgan fingerprint density at radius 2 is 1.31 bits per heavy atom. The van der Waals surface area contributed by atoms with Crippen molar-refractivity contribution in [3.8, 4) is 34.4 Å². The molecule has 264 valence electrons. The zero-order chi connectivity index (χ0) is 36.6. The van der Waals surface area contributed by atoms with E-state index in [2.05, 4.69) is 74.4 Å². The molecule has 6 rings (SSSR count). The number of allylic oxidation sites excluding steroid dienone is 1. The molecule has 2 heterocycles. The average Bonchev–Trinajstić information content (AvgIpc) is 3.17. The first-order valence-electron chi connectivity index (χ1n) is 18.8. The van der Waals surface area contributed by atoms with E-state index in [1.807, 2.05) is 85.2 Å². The van der Waals surface area contributed by atoms with E-state index in [-0.39, 0.29) is 17.9 Å². The Balaban J connectivity index is 1.08. The topological polar surface area (TPSA) is 102 Å². The van der Waals surface area contributed by atoms with Gasteiger partial charge < -0.3 is 5.32 Å². The molecule has 6 nitrogen and oxygen atoms in total. The maximum atomic E-state index is 13.7. The van der Waals surface area contributed by atoms with Crippen LogP contribution in [0.3, 0.4) is 0 Å². The number of nitriles is 2. The van der Waals surface area contributed by atoms with Gasteiger partial charge >= 0.3 is 0 Å². The van der Waals surface area contributed by atoms with Crippen LogP contribution in [-0.4, -0.2) is 21.9 Å². The highest BCUT2D eigenvalue weighted by Gasteiger charge is 2.36. The molecule has 0 bridgehead atoms. The summed E-state index contributed by atoms with van der Waals surface area (Å²) < 4.78 is 0. The van der Waals surface area contributed by atoms with E-state index in [4.69, 9.17) is 4.98 Å². The normalized spacial score (nSPS) is 26.1. The second-order valence-corrected chi connectivity index (χ2v) is 15.2. The van der Waals surface area contributed by atoms with E-state index >= 15 is 0 Å². The fraction of sp³-hybridized carbons (Fsp3) is 0.370. The molecule has 1 amide bonds. The Bertz CT molecular complexity index is 1980. The van der Waals surface area contributed by atoms with Crippen molar-refractivity contribution in [2.45, 2.75) is 65.8 Å². The highest BCUT2D eigenvalue weighted by Crippen LogP contribution is 2.41. The van der Waals surface area contributed by atoms with Crippen LogP contribution in [0.5, 0.6) is 0 Å². The number of amides is 1. The van der Waals surface area contributed by atoms with E-state index in [9.17, 15) is 15.3 Å². The molecule has 2 aromatic heterocycles. The van der Waals surface area contributed by atoms with Gasteiger partial charge in [0.1, 0.15) is 0 Å². The van der Waals surface area contributed by atoms with Crippen LogP contribution >= 0.6 is 0 Å². The maximum absolute atomic E-state index is 13.7. The molecule has 0 spiro atoms. The summed E-state index contributed by atoms with van der Waals surface area (Å²) in [6, 6.07) is 27.9. The number of benzene rings is 2. The predicted molar refractivity (Wildman–Crippen MR) is 209 cm³/mol. The minimum atomic E-state index is 0.0986. The second-order valence-electron chi connectivity index (χ2n) is 15.2. The Morgan fingerprint density at radius 3 is 1.87 bits per heavy atom. The smallest absolute Gasteiger partial charge is 0.220 e. The van der Waals surface area contributed by atoms with Gasteiger partial charge in [0.2, 0.25) is 5.91 Å². The molecule has 52 heavy (non-hydrogen) atoms. The molecule has 2 aliphatic carbocycles. The number of carbonyl (C=O) groups is 1. The van der Waals surface area contributed by atoms with Crippen LogP contribution < -0.4 is 5.32 Å².